The van der Waals surface area contributed by atoms with Gasteiger partial charge in [0.15, 0.2) is 5.75 Å². The molecule has 1 amide bonds. The number of thioether (sulfide) groups is 1. The van der Waals surface area contributed by atoms with Gasteiger partial charge in [0.1, 0.15) is 4.32 Å². The average molecular weight is 326 g/mol. The van der Waals surface area contributed by atoms with Gasteiger partial charge in [0.25, 0.3) is 5.91 Å². The largest absolute Gasteiger partial charge is 0.500 e. The van der Waals surface area contributed by atoms with E-state index in [0.717, 1.165) is 11.8 Å². The number of nitro groups is 1. The van der Waals surface area contributed by atoms with Crippen LogP contribution in [0.3, 0.4) is 0 Å². The highest BCUT2D eigenvalue weighted by molar-refractivity contribution is 8.26. The normalized spacial score (nSPS) is 16.7. The number of phenolic OH excluding ortho intramolecular Hbond substituents is 1. The highest BCUT2D eigenvalue weighted by Gasteiger charge is 2.29. The Morgan fingerprint density at radius 2 is 2.19 bits per heavy atom. The van der Waals surface area contributed by atoms with Crippen molar-refractivity contribution in [3.63, 3.8) is 0 Å². The fourth-order valence-electron chi connectivity index (χ4n) is 1.69. The third kappa shape index (κ3) is 2.83. The highest BCUT2D eigenvalue weighted by atomic mass is 32.2. The first-order valence-corrected chi connectivity index (χ1v) is 6.84. The zero-order chi connectivity index (χ0) is 15.7. The monoisotopic (exact) mass is 326 g/mol. The van der Waals surface area contributed by atoms with Crippen LogP contribution in [0.1, 0.15) is 5.56 Å². The zero-order valence-electron chi connectivity index (χ0n) is 11.0. The van der Waals surface area contributed by atoms with Crippen molar-refractivity contribution in [2.45, 2.75) is 0 Å². The van der Waals surface area contributed by atoms with Crippen molar-refractivity contribution in [3.05, 3.63) is 32.7 Å². The van der Waals surface area contributed by atoms with Crippen LogP contribution in [0.25, 0.3) is 6.08 Å². The number of amides is 1. The maximum absolute atomic E-state index is 11.9. The first-order valence-electron chi connectivity index (χ1n) is 5.62. The number of ether oxygens (including phenoxy) is 1. The molecule has 0 radical (unpaired) electrons. The van der Waals surface area contributed by atoms with Crippen LogP contribution in [0.15, 0.2) is 17.0 Å². The number of phenols is 1. The van der Waals surface area contributed by atoms with Crippen molar-refractivity contribution in [2.75, 3.05) is 14.2 Å². The van der Waals surface area contributed by atoms with Gasteiger partial charge in [0, 0.05) is 13.1 Å². The lowest BCUT2D eigenvalue weighted by Crippen LogP contribution is -2.22. The van der Waals surface area contributed by atoms with Crippen LogP contribution in [0.4, 0.5) is 5.69 Å². The Bertz CT molecular complexity index is 686. The van der Waals surface area contributed by atoms with Gasteiger partial charge in [0.05, 0.1) is 16.9 Å². The fraction of sp³-hybridized carbons (Fsp3) is 0.167. The minimum Gasteiger partial charge on any atom is -0.500 e. The number of nitro benzene ring substituents is 1. The van der Waals surface area contributed by atoms with Gasteiger partial charge in [-0.05, 0) is 17.7 Å². The third-order valence-electron chi connectivity index (χ3n) is 2.78. The molecule has 1 fully saturated rings. The molecule has 1 aliphatic rings. The van der Waals surface area contributed by atoms with Gasteiger partial charge in [-0.3, -0.25) is 19.8 Å². The molecule has 0 aromatic heterocycles. The molecule has 1 aliphatic heterocycles. The van der Waals surface area contributed by atoms with Crippen LogP contribution in [0.2, 0.25) is 0 Å². The Morgan fingerprint density at radius 1 is 1.52 bits per heavy atom. The Hall–Kier alpha value is -2.13. The molecule has 1 N–H and O–H groups in total. The van der Waals surface area contributed by atoms with Crippen molar-refractivity contribution < 1.29 is 19.6 Å². The number of aromatic hydroxyl groups is 1. The van der Waals surface area contributed by atoms with Crippen LogP contribution in [0, 0.1) is 10.1 Å². The summed E-state index contributed by atoms with van der Waals surface area (Å²) in [4.78, 5) is 23.8. The number of hydrogen-bond acceptors (Lipinski definition) is 7. The van der Waals surface area contributed by atoms with E-state index in [4.69, 9.17) is 17.0 Å². The number of hydrogen-bond donors (Lipinski definition) is 1. The lowest BCUT2D eigenvalue weighted by Gasteiger charge is -2.06. The predicted molar refractivity (Wildman–Crippen MR) is 82.2 cm³/mol. The molecular formula is C12H10N2O5S2. The highest BCUT2D eigenvalue weighted by Crippen LogP contribution is 2.39. The first kappa shape index (κ1) is 15.3. The Kier molecular flexibility index (Phi) is 4.14. The fourth-order valence-corrected chi connectivity index (χ4v) is 2.87. The molecule has 1 aromatic carbocycles. The molecule has 1 aromatic rings. The van der Waals surface area contributed by atoms with E-state index in [1.165, 1.54) is 30.2 Å². The molecule has 0 spiro atoms. The molecular weight excluding hydrogens is 316 g/mol. The molecule has 1 heterocycles. The van der Waals surface area contributed by atoms with Crippen molar-refractivity contribution in [1.82, 2.24) is 4.90 Å². The third-order valence-corrected chi connectivity index (χ3v) is 4.26. The van der Waals surface area contributed by atoms with E-state index in [-0.39, 0.29) is 11.7 Å². The summed E-state index contributed by atoms with van der Waals surface area (Å²) in [5.74, 6) is -0.871. The molecule has 9 heteroatoms. The molecule has 0 atom stereocenters. The standard InChI is InChI=1S/C12H10N2O5S2/c1-13-11(16)9(21-12(13)20)5-6-3-7(14(17)18)10(15)8(4-6)19-2/h3-5,15H,1-2H3/b9-5-. The molecule has 1 saturated heterocycles. The quantitative estimate of drug-likeness (QED) is 0.394. The molecule has 21 heavy (non-hydrogen) atoms. The number of rotatable bonds is 3. The van der Waals surface area contributed by atoms with Gasteiger partial charge >= 0.3 is 5.69 Å². The van der Waals surface area contributed by atoms with E-state index in [1.807, 2.05) is 0 Å². The van der Waals surface area contributed by atoms with E-state index in [0.29, 0.717) is 14.8 Å². The lowest BCUT2D eigenvalue weighted by molar-refractivity contribution is -0.386. The number of benzene rings is 1. The van der Waals surface area contributed by atoms with Gasteiger partial charge in [-0.25, -0.2) is 0 Å². The topological polar surface area (TPSA) is 92.9 Å². The zero-order valence-corrected chi connectivity index (χ0v) is 12.7. The van der Waals surface area contributed by atoms with Gasteiger partial charge in [-0.2, -0.15) is 0 Å². The average Bonchev–Trinajstić information content (AvgIpc) is 2.67. The number of methoxy groups -OCH3 is 1. The molecule has 0 unspecified atom stereocenters. The van der Waals surface area contributed by atoms with Crippen molar-refractivity contribution >= 4 is 46.0 Å². The van der Waals surface area contributed by atoms with E-state index in [1.54, 1.807) is 7.05 Å². The Balaban J connectivity index is 2.51. The second kappa shape index (κ2) is 5.70. The maximum atomic E-state index is 11.9. The number of carbonyl (C=O) groups is 1. The number of carbonyl (C=O) groups excluding carboxylic acids is 1. The minimum atomic E-state index is -0.722. The van der Waals surface area contributed by atoms with E-state index < -0.39 is 16.4 Å². The summed E-state index contributed by atoms with van der Waals surface area (Å²) in [6, 6.07) is 2.57. The van der Waals surface area contributed by atoms with Gasteiger partial charge in [-0.1, -0.05) is 24.0 Å². The summed E-state index contributed by atoms with van der Waals surface area (Å²) in [5, 5.41) is 20.6. The summed E-state index contributed by atoms with van der Waals surface area (Å²) in [6.07, 6.45) is 1.47. The number of nitrogens with zero attached hydrogens (tertiary/aromatic N) is 2. The lowest BCUT2D eigenvalue weighted by atomic mass is 10.1. The van der Waals surface area contributed by atoms with Gasteiger partial charge in [-0.15, -0.1) is 0 Å². The molecule has 0 aliphatic carbocycles. The Labute approximate surface area is 129 Å². The number of likely N-dealkylation sites (N-methyl/N-ethyl adjacent to an activating group) is 1. The molecule has 7 nitrogen and oxygen atoms in total. The van der Waals surface area contributed by atoms with Crippen LogP contribution >= 0.6 is 24.0 Å². The predicted octanol–water partition coefficient (Wildman–Crippen LogP) is 2.14. The summed E-state index contributed by atoms with van der Waals surface area (Å²) >= 11 is 6.11. The second-order valence-corrected chi connectivity index (χ2v) is 5.76. The first-order chi connectivity index (χ1) is 9.85. The SMILES string of the molecule is COc1cc(/C=C2\SC(=S)N(C)C2=O)cc([N+](=O)[O-])c1O. The molecule has 110 valence electrons. The maximum Gasteiger partial charge on any atom is 0.315 e. The van der Waals surface area contributed by atoms with Crippen molar-refractivity contribution in [3.8, 4) is 11.5 Å². The van der Waals surface area contributed by atoms with Gasteiger partial charge < -0.3 is 9.84 Å². The molecule has 0 bridgehead atoms. The van der Waals surface area contributed by atoms with Crippen molar-refractivity contribution in [2.24, 2.45) is 0 Å². The van der Waals surface area contributed by atoms with Crippen LogP contribution < -0.4 is 4.74 Å². The van der Waals surface area contributed by atoms with Crippen molar-refractivity contribution in [1.29, 1.82) is 0 Å². The molecule has 2 rings (SSSR count). The second-order valence-electron chi connectivity index (χ2n) is 4.09. The van der Waals surface area contributed by atoms with Crippen LogP contribution in [-0.4, -0.2) is 39.3 Å². The smallest absolute Gasteiger partial charge is 0.315 e. The van der Waals surface area contributed by atoms with E-state index >= 15 is 0 Å². The van der Waals surface area contributed by atoms with Crippen LogP contribution in [-0.2, 0) is 4.79 Å². The van der Waals surface area contributed by atoms with Gasteiger partial charge in [0.2, 0.25) is 5.75 Å². The summed E-state index contributed by atoms with van der Waals surface area (Å²) in [7, 11) is 2.84. The Morgan fingerprint density at radius 3 is 2.67 bits per heavy atom. The minimum absolute atomic E-state index is 0.0394. The number of thiocarbonyl (C=S) groups is 1. The van der Waals surface area contributed by atoms with E-state index in [2.05, 4.69) is 0 Å². The van der Waals surface area contributed by atoms with Crippen LogP contribution in [0.5, 0.6) is 11.5 Å². The molecule has 0 saturated carbocycles. The summed E-state index contributed by atoms with van der Waals surface area (Å²) in [6.45, 7) is 0. The summed E-state index contributed by atoms with van der Waals surface area (Å²) in [5.41, 5.74) is -0.127. The summed E-state index contributed by atoms with van der Waals surface area (Å²) < 4.78 is 5.31. The van der Waals surface area contributed by atoms with E-state index in [9.17, 15) is 20.0 Å².